The van der Waals surface area contributed by atoms with E-state index in [9.17, 15) is 14.0 Å². The monoisotopic (exact) mass is 398 g/mol. The summed E-state index contributed by atoms with van der Waals surface area (Å²) in [6, 6.07) is 13.7. The lowest BCUT2D eigenvalue weighted by atomic mass is 10.00. The van der Waals surface area contributed by atoms with Crippen molar-refractivity contribution < 1.29 is 14.0 Å². The maximum atomic E-state index is 13.2. The number of amides is 2. The van der Waals surface area contributed by atoms with E-state index in [1.54, 1.807) is 24.0 Å². The third-order valence-corrected chi connectivity index (χ3v) is 5.06. The maximum absolute atomic E-state index is 13.2. The molecule has 0 spiro atoms. The Morgan fingerprint density at radius 1 is 0.966 bits per heavy atom. The first-order valence-electron chi connectivity index (χ1n) is 10.2. The fourth-order valence-electron chi connectivity index (χ4n) is 3.16. The van der Waals surface area contributed by atoms with Crippen LogP contribution in [0.5, 0.6) is 0 Å². The molecule has 0 saturated carbocycles. The summed E-state index contributed by atoms with van der Waals surface area (Å²) in [7, 11) is 0. The van der Waals surface area contributed by atoms with E-state index in [1.807, 2.05) is 6.92 Å². The number of nitrogens with one attached hydrogen (secondary N) is 1. The lowest BCUT2D eigenvalue weighted by Crippen LogP contribution is -2.47. The van der Waals surface area contributed by atoms with Crippen molar-refractivity contribution in [3.05, 3.63) is 71.0 Å². The van der Waals surface area contributed by atoms with Gasteiger partial charge in [-0.1, -0.05) is 50.2 Å². The van der Waals surface area contributed by atoms with Crippen molar-refractivity contribution in [3.8, 4) is 0 Å². The van der Waals surface area contributed by atoms with Crippen molar-refractivity contribution >= 4 is 11.8 Å². The zero-order valence-corrected chi connectivity index (χ0v) is 17.7. The highest BCUT2D eigenvalue weighted by molar-refractivity contribution is 5.87. The first kappa shape index (κ1) is 22.6. The molecule has 2 aromatic rings. The molecule has 2 amide bonds. The number of carbonyl (C=O) groups is 2. The number of nitrogens with zero attached hydrogens (tertiary/aromatic N) is 1. The van der Waals surface area contributed by atoms with E-state index >= 15 is 0 Å². The second-order valence-electron chi connectivity index (χ2n) is 7.61. The molecule has 0 aliphatic carbocycles. The van der Waals surface area contributed by atoms with Crippen LogP contribution < -0.4 is 5.32 Å². The molecule has 5 heteroatoms. The number of hydrogen-bond donors (Lipinski definition) is 1. The third kappa shape index (κ3) is 6.70. The molecule has 0 unspecified atom stereocenters. The standard InChI is InChI=1S/C24H31FN2O2/c1-5-26-24(29)18(4)27(16-20-8-13-22(25)14-9-20)23(28)15-10-19-6-11-21(12-7-19)17(2)3/h6-9,11-14,17-18H,5,10,15-16H2,1-4H3,(H,26,29)/t18-/m1/s1. The Morgan fingerprint density at radius 2 is 1.55 bits per heavy atom. The van der Waals surface area contributed by atoms with Crippen LogP contribution in [0.25, 0.3) is 0 Å². The van der Waals surface area contributed by atoms with E-state index < -0.39 is 6.04 Å². The Morgan fingerprint density at radius 3 is 2.10 bits per heavy atom. The Kier molecular flexibility index (Phi) is 8.37. The molecule has 0 heterocycles. The fourth-order valence-corrected chi connectivity index (χ4v) is 3.16. The van der Waals surface area contributed by atoms with Gasteiger partial charge in [-0.05, 0) is 55.0 Å². The van der Waals surface area contributed by atoms with Gasteiger partial charge in [0.1, 0.15) is 11.9 Å². The van der Waals surface area contributed by atoms with Crippen LogP contribution in [0.15, 0.2) is 48.5 Å². The SMILES string of the molecule is CCNC(=O)[C@@H](C)N(Cc1ccc(F)cc1)C(=O)CCc1ccc(C(C)C)cc1. The van der Waals surface area contributed by atoms with E-state index in [2.05, 4.69) is 43.4 Å². The number of hydrogen-bond acceptors (Lipinski definition) is 2. The number of rotatable bonds is 9. The van der Waals surface area contributed by atoms with E-state index in [-0.39, 0.29) is 24.2 Å². The second-order valence-corrected chi connectivity index (χ2v) is 7.61. The van der Waals surface area contributed by atoms with Crippen molar-refractivity contribution in [2.45, 2.75) is 59.0 Å². The molecule has 29 heavy (non-hydrogen) atoms. The van der Waals surface area contributed by atoms with Crippen molar-refractivity contribution in [2.75, 3.05) is 6.54 Å². The summed E-state index contributed by atoms with van der Waals surface area (Å²) in [4.78, 5) is 26.9. The normalized spacial score (nSPS) is 11.9. The minimum absolute atomic E-state index is 0.0963. The Hall–Kier alpha value is -2.69. The molecule has 156 valence electrons. The number of halogens is 1. The van der Waals surface area contributed by atoms with Crippen molar-refractivity contribution in [2.24, 2.45) is 0 Å². The maximum Gasteiger partial charge on any atom is 0.242 e. The van der Waals surface area contributed by atoms with Crippen LogP contribution in [-0.2, 0) is 22.6 Å². The summed E-state index contributed by atoms with van der Waals surface area (Å²) < 4.78 is 13.2. The fraction of sp³-hybridized carbons (Fsp3) is 0.417. The van der Waals surface area contributed by atoms with Crippen LogP contribution >= 0.6 is 0 Å². The average Bonchev–Trinajstić information content (AvgIpc) is 2.71. The van der Waals surface area contributed by atoms with Crippen LogP contribution in [-0.4, -0.2) is 29.3 Å². The average molecular weight is 399 g/mol. The zero-order valence-electron chi connectivity index (χ0n) is 17.7. The lowest BCUT2D eigenvalue weighted by molar-refractivity contribution is -0.140. The van der Waals surface area contributed by atoms with Crippen LogP contribution in [0.2, 0.25) is 0 Å². The molecule has 2 aromatic carbocycles. The van der Waals surface area contributed by atoms with Crippen molar-refractivity contribution in [3.63, 3.8) is 0 Å². The quantitative estimate of drug-likeness (QED) is 0.679. The number of aryl methyl sites for hydroxylation is 1. The van der Waals surface area contributed by atoms with Gasteiger partial charge in [0.05, 0.1) is 0 Å². The topological polar surface area (TPSA) is 49.4 Å². The first-order valence-corrected chi connectivity index (χ1v) is 10.2. The third-order valence-electron chi connectivity index (χ3n) is 5.06. The highest BCUT2D eigenvalue weighted by atomic mass is 19.1. The highest BCUT2D eigenvalue weighted by Gasteiger charge is 2.25. The molecular weight excluding hydrogens is 367 g/mol. The Labute approximate surface area is 173 Å². The summed E-state index contributed by atoms with van der Waals surface area (Å²) in [6.07, 6.45) is 0.922. The summed E-state index contributed by atoms with van der Waals surface area (Å²) in [5.74, 6) is -0.145. The van der Waals surface area contributed by atoms with Crippen LogP contribution in [0.4, 0.5) is 4.39 Å². The number of carbonyl (C=O) groups excluding carboxylic acids is 2. The van der Waals surface area contributed by atoms with Gasteiger partial charge < -0.3 is 10.2 Å². The van der Waals surface area contributed by atoms with Gasteiger partial charge >= 0.3 is 0 Å². The largest absolute Gasteiger partial charge is 0.355 e. The summed E-state index contributed by atoms with van der Waals surface area (Å²) in [6.45, 7) is 8.64. The van der Waals surface area contributed by atoms with Crippen molar-refractivity contribution in [1.82, 2.24) is 10.2 Å². The summed E-state index contributed by atoms with van der Waals surface area (Å²) in [5, 5.41) is 2.77. The first-order chi connectivity index (χ1) is 13.8. The van der Waals surface area contributed by atoms with Gasteiger partial charge in [-0.3, -0.25) is 9.59 Å². The zero-order chi connectivity index (χ0) is 21.4. The van der Waals surface area contributed by atoms with E-state index in [0.29, 0.717) is 25.3 Å². The van der Waals surface area contributed by atoms with Crippen LogP contribution in [0.3, 0.4) is 0 Å². The van der Waals surface area contributed by atoms with E-state index in [1.165, 1.54) is 17.7 Å². The van der Waals surface area contributed by atoms with Gasteiger partial charge in [-0.15, -0.1) is 0 Å². The number of benzene rings is 2. The highest BCUT2D eigenvalue weighted by Crippen LogP contribution is 2.17. The number of likely N-dealkylation sites (N-methyl/N-ethyl adjacent to an activating group) is 1. The van der Waals surface area contributed by atoms with Gasteiger partial charge in [0.2, 0.25) is 11.8 Å². The van der Waals surface area contributed by atoms with E-state index in [4.69, 9.17) is 0 Å². The lowest BCUT2D eigenvalue weighted by Gasteiger charge is -2.29. The van der Waals surface area contributed by atoms with Gasteiger partial charge in [0, 0.05) is 19.5 Å². The molecule has 0 aromatic heterocycles. The minimum Gasteiger partial charge on any atom is -0.355 e. The molecule has 0 fully saturated rings. The predicted octanol–water partition coefficient (Wildman–Crippen LogP) is 4.44. The molecule has 1 N–H and O–H groups in total. The molecule has 0 aliphatic rings. The molecule has 0 saturated heterocycles. The Bertz CT molecular complexity index is 801. The predicted molar refractivity (Wildman–Crippen MR) is 114 cm³/mol. The molecule has 0 radical (unpaired) electrons. The van der Waals surface area contributed by atoms with E-state index in [0.717, 1.165) is 11.1 Å². The summed E-state index contributed by atoms with van der Waals surface area (Å²) in [5.41, 5.74) is 3.15. The van der Waals surface area contributed by atoms with Gasteiger partial charge in [-0.2, -0.15) is 0 Å². The Balaban J connectivity index is 2.10. The van der Waals surface area contributed by atoms with Crippen molar-refractivity contribution in [1.29, 1.82) is 0 Å². The van der Waals surface area contributed by atoms with Gasteiger partial charge in [0.25, 0.3) is 0 Å². The summed E-state index contributed by atoms with van der Waals surface area (Å²) >= 11 is 0. The van der Waals surface area contributed by atoms with Crippen LogP contribution in [0, 0.1) is 5.82 Å². The molecule has 4 nitrogen and oxygen atoms in total. The molecular formula is C24H31FN2O2. The molecule has 0 bridgehead atoms. The van der Waals surface area contributed by atoms with Gasteiger partial charge in [-0.25, -0.2) is 4.39 Å². The minimum atomic E-state index is -0.601. The molecule has 0 aliphatic heterocycles. The smallest absolute Gasteiger partial charge is 0.242 e. The van der Waals surface area contributed by atoms with Gasteiger partial charge in [0.15, 0.2) is 0 Å². The molecule has 2 rings (SSSR count). The van der Waals surface area contributed by atoms with Crippen LogP contribution in [0.1, 0.15) is 56.7 Å². The second kappa shape index (κ2) is 10.7. The molecule has 1 atom stereocenters.